The van der Waals surface area contributed by atoms with Crippen LogP contribution < -0.4 is 11.5 Å². The van der Waals surface area contributed by atoms with E-state index in [0.29, 0.717) is 12.0 Å². The standard InChI is InChI=1S/C13H18N2O3/c1-8(6-11(14)12(15)16)9-4-3-5-10(7-9)13(17)18-2/h3-5,7-8,11H,6,14H2,1-2H3,(H2,15,16). The summed E-state index contributed by atoms with van der Waals surface area (Å²) in [6.45, 7) is 1.93. The van der Waals surface area contributed by atoms with Gasteiger partial charge in [-0.25, -0.2) is 4.79 Å². The summed E-state index contributed by atoms with van der Waals surface area (Å²) in [5, 5.41) is 0. The highest BCUT2D eigenvalue weighted by atomic mass is 16.5. The van der Waals surface area contributed by atoms with Gasteiger partial charge in [0, 0.05) is 0 Å². The first-order valence-electron chi connectivity index (χ1n) is 5.69. The van der Waals surface area contributed by atoms with E-state index in [0.717, 1.165) is 5.56 Å². The van der Waals surface area contributed by atoms with Gasteiger partial charge in [-0.3, -0.25) is 4.79 Å². The maximum absolute atomic E-state index is 11.4. The van der Waals surface area contributed by atoms with Gasteiger partial charge in [0.2, 0.25) is 5.91 Å². The first-order chi connectivity index (χ1) is 8.45. The van der Waals surface area contributed by atoms with Crippen LogP contribution in [-0.4, -0.2) is 25.0 Å². The number of rotatable bonds is 5. The third kappa shape index (κ3) is 3.56. The SMILES string of the molecule is COC(=O)c1cccc(C(C)CC(N)C(N)=O)c1. The number of benzene rings is 1. The maximum Gasteiger partial charge on any atom is 0.337 e. The van der Waals surface area contributed by atoms with Crippen LogP contribution in [0.5, 0.6) is 0 Å². The van der Waals surface area contributed by atoms with E-state index in [4.69, 9.17) is 11.5 Å². The Morgan fingerprint density at radius 2 is 2.06 bits per heavy atom. The molecular formula is C13H18N2O3. The third-order valence-corrected chi connectivity index (χ3v) is 2.85. The molecule has 18 heavy (non-hydrogen) atoms. The molecule has 0 aromatic heterocycles. The van der Waals surface area contributed by atoms with Crippen molar-refractivity contribution in [1.29, 1.82) is 0 Å². The number of esters is 1. The molecule has 1 aromatic carbocycles. The van der Waals surface area contributed by atoms with Crippen molar-refractivity contribution in [2.24, 2.45) is 11.5 Å². The lowest BCUT2D eigenvalue weighted by atomic mass is 9.93. The minimum Gasteiger partial charge on any atom is -0.465 e. The molecule has 1 aromatic rings. The van der Waals surface area contributed by atoms with Gasteiger partial charge in [0.15, 0.2) is 0 Å². The second-order valence-electron chi connectivity index (χ2n) is 4.26. The molecule has 0 fully saturated rings. The van der Waals surface area contributed by atoms with Crippen LogP contribution in [0.15, 0.2) is 24.3 Å². The molecule has 0 aliphatic rings. The highest BCUT2D eigenvalue weighted by Gasteiger charge is 2.16. The molecule has 0 radical (unpaired) electrons. The molecule has 0 saturated carbocycles. The molecule has 0 aliphatic carbocycles. The molecule has 2 atom stereocenters. The fourth-order valence-corrected chi connectivity index (χ4v) is 1.72. The van der Waals surface area contributed by atoms with E-state index in [2.05, 4.69) is 4.74 Å². The molecule has 0 spiro atoms. The Kier molecular flexibility index (Phi) is 4.85. The van der Waals surface area contributed by atoms with Gasteiger partial charge in [-0.05, 0) is 30.0 Å². The average molecular weight is 250 g/mol. The van der Waals surface area contributed by atoms with E-state index in [9.17, 15) is 9.59 Å². The molecule has 5 heteroatoms. The first kappa shape index (κ1) is 14.2. The van der Waals surface area contributed by atoms with Gasteiger partial charge >= 0.3 is 5.97 Å². The highest BCUT2D eigenvalue weighted by molar-refractivity contribution is 5.89. The van der Waals surface area contributed by atoms with Gasteiger partial charge < -0.3 is 16.2 Å². The summed E-state index contributed by atoms with van der Waals surface area (Å²) < 4.78 is 4.65. The van der Waals surface area contributed by atoms with Crippen LogP contribution in [-0.2, 0) is 9.53 Å². The summed E-state index contributed by atoms with van der Waals surface area (Å²) in [5.74, 6) is -0.869. The normalized spacial score (nSPS) is 13.7. The van der Waals surface area contributed by atoms with Crippen molar-refractivity contribution < 1.29 is 14.3 Å². The van der Waals surface area contributed by atoms with Crippen LogP contribution >= 0.6 is 0 Å². The number of amides is 1. The van der Waals surface area contributed by atoms with Gasteiger partial charge in [0.05, 0.1) is 18.7 Å². The zero-order chi connectivity index (χ0) is 13.7. The first-order valence-corrected chi connectivity index (χ1v) is 5.69. The van der Waals surface area contributed by atoms with Crippen LogP contribution in [0.1, 0.15) is 35.2 Å². The fraction of sp³-hybridized carbons (Fsp3) is 0.385. The van der Waals surface area contributed by atoms with Crippen molar-refractivity contribution in [3.05, 3.63) is 35.4 Å². The lowest BCUT2D eigenvalue weighted by molar-refractivity contribution is -0.119. The summed E-state index contributed by atoms with van der Waals surface area (Å²) in [6, 6.07) is 6.39. The Bertz CT molecular complexity index is 446. The zero-order valence-corrected chi connectivity index (χ0v) is 10.6. The summed E-state index contributed by atoms with van der Waals surface area (Å²) in [7, 11) is 1.33. The van der Waals surface area contributed by atoms with Crippen LogP contribution in [0.25, 0.3) is 0 Å². The van der Waals surface area contributed by atoms with Gasteiger partial charge in [0.25, 0.3) is 0 Å². The molecule has 98 valence electrons. The van der Waals surface area contributed by atoms with Crippen molar-refractivity contribution in [1.82, 2.24) is 0 Å². The van der Waals surface area contributed by atoms with E-state index in [-0.39, 0.29) is 11.9 Å². The molecule has 1 amide bonds. The van der Waals surface area contributed by atoms with Gasteiger partial charge in [0.1, 0.15) is 0 Å². The van der Waals surface area contributed by atoms with Gasteiger partial charge in [-0.2, -0.15) is 0 Å². The average Bonchev–Trinajstić information content (AvgIpc) is 2.37. The smallest absolute Gasteiger partial charge is 0.337 e. The van der Waals surface area contributed by atoms with Gasteiger partial charge in [-0.1, -0.05) is 19.1 Å². The molecule has 0 heterocycles. The number of primary amides is 1. The zero-order valence-electron chi connectivity index (χ0n) is 10.6. The molecule has 4 N–H and O–H groups in total. The monoisotopic (exact) mass is 250 g/mol. The Hall–Kier alpha value is -1.88. The number of methoxy groups -OCH3 is 1. The van der Waals surface area contributed by atoms with Crippen LogP contribution in [0.3, 0.4) is 0 Å². The minimum atomic E-state index is -0.679. The summed E-state index contributed by atoms with van der Waals surface area (Å²) in [4.78, 5) is 22.3. The maximum atomic E-state index is 11.4. The van der Waals surface area contributed by atoms with E-state index >= 15 is 0 Å². The van der Waals surface area contributed by atoms with E-state index in [1.807, 2.05) is 13.0 Å². The van der Waals surface area contributed by atoms with E-state index in [1.165, 1.54) is 7.11 Å². The number of hydrogen-bond acceptors (Lipinski definition) is 4. The third-order valence-electron chi connectivity index (χ3n) is 2.85. The van der Waals surface area contributed by atoms with Crippen LogP contribution in [0, 0.1) is 0 Å². The molecule has 2 unspecified atom stereocenters. The lowest BCUT2D eigenvalue weighted by Gasteiger charge is -2.15. The quantitative estimate of drug-likeness (QED) is 0.755. The highest BCUT2D eigenvalue weighted by Crippen LogP contribution is 2.21. The lowest BCUT2D eigenvalue weighted by Crippen LogP contribution is -2.37. The number of ether oxygens (including phenoxy) is 1. The number of carbonyl (C=O) groups excluding carboxylic acids is 2. The number of carbonyl (C=O) groups is 2. The Morgan fingerprint density at radius 3 is 2.61 bits per heavy atom. The minimum absolute atomic E-state index is 0.0390. The van der Waals surface area contributed by atoms with Crippen LogP contribution in [0.2, 0.25) is 0 Å². The van der Waals surface area contributed by atoms with Crippen molar-refractivity contribution in [3.8, 4) is 0 Å². The summed E-state index contributed by atoms with van der Waals surface area (Å²) in [6.07, 6.45) is 0.444. The fourth-order valence-electron chi connectivity index (χ4n) is 1.72. The molecule has 5 nitrogen and oxygen atoms in total. The summed E-state index contributed by atoms with van der Waals surface area (Å²) in [5.41, 5.74) is 12.1. The molecule has 0 aliphatic heterocycles. The Balaban J connectivity index is 2.83. The predicted molar refractivity (Wildman–Crippen MR) is 68.0 cm³/mol. The topological polar surface area (TPSA) is 95.4 Å². The van der Waals surface area contributed by atoms with E-state index in [1.54, 1.807) is 18.2 Å². The number of hydrogen-bond donors (Lipinski definition) is 2. The number of nitrogens with two attached hydrogens (primary N) is 2. The largest absolute Gasteiger partial charge is 0.465 e. The second kappa shape index (κ2) is 6.16. The predicted octanol–water partition coefficient (Wildman–Crippen LogP) is 0.779. The molecule has 0 bridgehead atoms. The Morgan fingerprint density at radius 1 is 1.39 bits per heavy atom. The van der Waals surface area contributed by atoms with Crippen molar-refractivity contribution in [2.75, 3.05) is 7.11 Å². The Labute approximate surface area is 106 Å². The molecule has 0 saturated heterocycles. The molecular weight excluding hydrogens is 232 g/mol. The van der Waals surface area contributed by atoms with Crippen molar-refractivity contribution >= 4 is 11.9 Å². The molecule has 1 rings (SSSR count). The van der Waals surface area contributed by atoms with Gasteiger partial charge in [-0.15, -0.1) is 0 Å². The summed E-state index contributed by atoms with van der Waals surface area (Å²) >= 11 is 0. The van der Waals surface area contributed by atoms with E-state index < -0.39 is 11.9 Å². The van der Waals surface area contributed by atoms with Crippen LogP contribution in [0.4, 0.5) is 0 Å². The van der Waals surface area contributed by atoms with Crippen molar-refractivity contribution in [3.63, 3.8) is 0 Å². The van der Waals surface area contributed by atoms with Crippen molar-refractivity contribution in [2.45, 2.75) is 25.3 Å². The second-order valence-corrected chi connectivity index (χ2v) is 4.26.